The molecule has 0 fully saturated rings. The first-order chi connectivity index (χ1) is 15.9. The van der Waals surface area contributed by atoms with Gasteiger partial charge in [-0.1, -0.05) is 12.1 Å². The lowest BCUT2D eigenvalue weighted by Gasteiger charge is -2.23. The van der Waals surface area contributed by atoms with E-state index < -0.39 is 12.0 Å². The van der Waals surface area contributed by atoms with Gasteiger partial charge in [-0.3, -0.25) is 14.4 Å². The molecule has 0 bridgehead atoms. The third-order valence-corrected chi connectivity index (χ3v) is 5.47. The molecule has 10 nitrogen and oxygen atoms in total. The minimum Gasteiger partial charge on any atom is -0.481 e. The van der Waals surface area contributed by atoms with Gasteiger partial charge in [-0.2, -0.15) is 0 Å². The molecule has 2 heterocycles. The summed E-state index contributed by atoms with van der Waals surface area (Å²) in [5, 5.41) is 15.1. The number of fused-ring (bicyclic) bond motifs is 2. The molecule has 0 aliphatic carbocycles. The van der Waals surface area contributed by atoms with Crippen LogP contribution < -0.4 is 10.6 Å². The number of para-hydroxylation sites is 2. The quantitative estimate of drug-likeness (QED) is 0.409. The Balaban J connectivity index is 1.51. The normalized spacial score (nSPS) is 15.6. The number of carbonyl (C=O) groups excluding carboxylic acids is 2. The lowest BCUT2D eigenvalue weighted by atomic mass is 10.1. The fraction of sp³-hybridized carbons (Fsp3) is 0.304. The third kappa shape index (κ3) is 5.12. The van der Waals surface area contributed by atoms with E-state index >= 15 is 0 Å². The third-order valence-electron chi connectivity index (χ3n) is 5.47. The van der Waals surface area contributed by atoms with Gasteiger partial charge in [0.1, 0.15) is 11.9 Å². The van der Waals surface area contributed by atoms with Crippen molar-refractivity contribution in [2.75, 3.05) is 25.6 Å². The molecular weight excluding hydrogens is 426 g/mol. The number of H-pyrrole nitrogens is 1. The van der Waals surface area contributed by atoms with Crippen LogP contribution in [0.1, 0.15) is 28.2 Å². The number of methoxy groups -OCH3 is 1. The molecule has 0 saturated carbocycles. The van der Waals surface area contributed by atoms with Gasteiger partial charge in [0.2, 0.25) is 5.91 Å². The van der Waals surface area contributed by atoms with E-state index in [0.717, 1.165) is 16.6 Å². The van der Waals surface area contributed by atoms with Gasteiger partial charge in [0.05, 0.1) is 30.6 Å². The number of aromatic nitrogens is 2. The lowest BCUT2D eigenvalue weighted by Crippen LogP contribution is -2.42. The van der Waals surface area contributed by atoms with Crippen LogP contribution in [-0.4, -0.2) is 64.1 Å². The highest BCUT2D eigenvalue weighted by molar-refractivity contribution is 5.95. The average Bonchev–Trinajstić information content (AvgIpc) is 3.17. The Bertz CT molecular complexity index is 1160. The van der Waals surface area contributed by atoms with E-state index in [9.17, 15) is 19.5 Å². The van der Waals surface area contributed by atoms with E-state index in [-0.39, 0.29) is 31.3 Å². The molecule has 4 rings (SSSR count). The summed E-state index contributed by atoms with van der Waals surface area (Å²) < 4.78 is 5.09. The summed E-state index contributed by atoms with van der Waals surface area (Å²) >= 11 is 0. The number of aromatic amines is 1. The zero-order valence-corrected chi connectivity index (χ0v) is 18.1. The summed E-state index contributed by atoms with van der Waals surface area (Å²) in [6, 6.07) is 11.8. The molecule has 4 N–H and O–H groups in total. The van der Waals surface area contributed by atoms with Crippen LogP contribution in [0, 0.1) is 0 Å². The summed E-state index contributed by atoms with van der Waals surface area (Å²) in [6.07, 6.45) is -0.346. The van der Waals surface area contributed by atoms with Crippen molar-refractivity contribution in [3.05, 3.63) is 59.4 Å². The molecule has 33 heavy (non-hydrogen) atoms. The van der Waals surface area contributed by atoms with Crippen LogP contribution in [0.5, 0.6) is 0 Å². The Labute approximate surface area is 189 Å². The number of anilines is 1. The van der Waals surface area contributed by atoms with Crippen LogP contribution >= 0.6 is 0 Å². The second-order valence-electron chi connectivity index (χ2n) is 7.80. The number of ether oxygens (including phenoxy) is 1. The second-order valence-corrected chi connectivity index (χ2v) is 7.80. The van der Waals surface area contributed by atoms with Crippen molar-refractivity contribution in [3.63, 3.8) is 0 Å². The number of aliphatic carboxylic acids is 1. The van der Waals surface area contributed by atoms with Crippen molar-refractivity contribution in [1.82, 2.24) is 20.2 Å². The van der Waals surface area contributed by atoms with Gasteiger partial charge in [0, 0.05) is 31.5 Å². The number of carbonyl (C=O) groups is 3. The Kier molecular flexibility index (Phi) is 6.55. The number of nitrogens with zero attached hydrogens (tertiary/aromatic N) is 2. The van der Waals surface area contributed by atoms with E-state index in [1.807, 2.05) is 24.3 Å². The van der Waals surface area contributed by atoms with Gasteiger partial charge in [-0.25, -0.2) is 4.98 Å². The van der Waals surface area contributed by atoms with E-state index in [1.165, 1.54) is 7.11 Å². The zero-order chi connectivity index (χ0) is 23.4. The number of carboxylic acids is 1. The Hall–Kier alpha value is -3.92. The largest absolute Gasteiger partial charge is 0.481 e. The van der Waals surface area contributed by atoms with Crippen molar-refractivity contribution < 1.29 is 24.2 Å². The first kappa shape index (κ1) is 22.3. The summed E-state index contributed by atoms with van der Waals surface area (Å²) in [5.74, 6) is -1.02. The maximum Gasteiger partial charge on any atom is 0.305 e. The highest BCUT2D eigenvalue weighted by Gasteiger charge is 2.31. The number of hydrogen-bond donors (Lipinski definition) is 4. The van der Waals surface area contributed by atoms with Crippen molar-refractivity contribution >= 4 is 34.5 Å². The number of benzene rings is 2. The van der Waals surface area contributed by atoms with Gasteiger partial charge in [-0.15, -0.1) is 0 Å². The summed E-state index contributed by atoms with van der Waals surface area (Å²) in [5.41, 5.74) is 3.51. The molecule has 1 aliphatic heterocycles. The smallest absolute Gasteiger partial charge is 0.305 e. The van der Waals surface area contributed by atoms with Gasteiger partial charge >= 0.3 is 5.97 Å². The van der Waals surface area contributed by atoms with Crippen LogP contribution in [0.3, 0.4) is 0 Å². The molecule has 0 radical (unpaired) electrons. The van der Waals surface area contributed by atoms with Gasteiger partial charge in [-0.05, 0) is 35.9 Å². The highest BCUT2D eigenvalue weighted by Crippen LogP contribution is 2.25. The fourth-order valence-corrected chi connectivity index (χ4v) is 3.82. The summed E-state index contributed by atoms with van der Waals surface area (Å²) in [7, 11) is 1.54. The predicted octanol–water partition coefficient (Wildman–Crippen LogP) is 1.74. The summed E-state index contributed by atoms with van der Waals surface area (Å²) in [6.45, 7) is 1.11. The molecule has 1 atom stereocenters. The molecular formula is C23H25N5O5. The van der Waals surface area contributed by atoms with Crippen LogP contribution in [0.2, 0.25) is 0 Å². The number of rotatable bonds is 8. The Morgan fingerprint density at radius 3 is 2.85 bits per heavy atom. The number of carboxylic acid groups (broad SMARTS) is 1. The SMILES string of the molecule is COCCN1Cc2cc(C(=O)NCc3nc4ccccc4[nH]3)ccc2N[C@@H](CC(=O)O)C1=O. The van der Waals surface area contributed by atoms with Crippen molar-refractivity contribution in [3.8, 4) is 0 Å². The Morgan fingerprint density at radius 1 is 1.27 bits per heavy atom. The van der Waals surface area contributed by atoms with Crippen molar-refractivity contribution in [1.29, 1.82) is 0 Å². The van der Waals surface area contributed by atoms with E-state index in [2.05, 4.69) is 20.6 Å². The lowest BCUT2D eigenvalue weighted by molar-refractivity contribution is -0.141. The minimum atomic E-state index is -1.07. The maximum atomic E-state index is 12.9. The molecule has 10 heteroatoms. The molecule has 0 unspecified atom stereocenters. The molecule has 0 saturated heterocycles. The molecule has 2 aromatic carbocycles. The monoisotopic (exact) mass is 451 g/mol. The molecule has 172 valence electrons. The first-order valence-electron chi connectivity index (χ1n) is 10.6. The average molecular weight is 451 g/mol. The van der Waals surface area contributed by atoms with Gasteiger partial charge in [0.15, 0.2) is 0 Å². The van der Waals surface area contributed by atoms with Crippen molar-refractivity contribution in [2.24, 2.45) is 0 Å². The zero-order valence-electron chi connectivity index (χ0n) is 18.1. The molecule has 1 aromatic heterocycles. The fourth-order valence-electron chi connectivity index (χ4n) is 3.82. The molecule has 2 amide bonds. The molecule has 1 aliphatic rings. The van der Waals surface area contributed by atoms with Gasteiger partial charge in [0.25, 0.3) is 5.91 Å². The standard InChI is InChI=1S/C23H25N5O5/c1-33-9-8-28-13-15-10-14(6-7-16(15)25-19(23(28)32)11-21(29)30)22(31)24-12-20-26-17-4-2-3-5-18(17)27-20/h2-7,10,19,25H,8-9,11-13H2,1H3,(H,24,31)(H,26,27)(H,29,30)/t19-/m0/s1. The topological polar surface area (TPSA) is 137 Å². The van der Waals surface area contributed by atoms with E-state index in [4.69, 9.17) is 4.74 Å². The Morgan fingerprint density at radius 2 is 2.09 bits per heavy atom. The maximum absolute atomic E-state index is 12.9. The first-order valence-corrected chi connectivity index (χ1v) is 10.6. The summed E-state index contributed by atoms with van der Waals surface area (Å²) in [4.78, 5) is 46.1. The molecule has 0 spiro atoms. The van der Waals surface area contributed by atoms with Crippen LogP contribution in [0.15, 0.2) is 42.5 Å². The highest BCUT2D eigenvalue weighted by atomic mass is 16.5. The predicted molar refractivity (Wildman–Crippen MR) is 121 cm³/mol. The van der Waals surface area contributed by atoms with Crippen molar-refractivity contribution in [2.45, 2.75) is 25.6 Å². The van der Waals surface area contributed by atoms with Gasteiger partial charge < -0.3 is 30.4 Å². The number of amides is 2. The van der Waals surface area contributed by atoms with E-state index in [0.29, 0.717) is 30.2 Å². The van der Waals surface area contributed by atoms with Crippen LogP contribution in [0.4, 0.5) is 5.69 Å². The second kappa shape index (κ2) is 9.70. The van der Waals surface area contributed by atoms with Crippen LogP contribution in [0.25, 0.3) is 11.0 Å². The number of hydrogen-bond acceptors (Lipinski definition) is 6. The minimum absolute atomic E-state index is 0.238. The van der Waals surface area contributed by atoms with E-state index in [1.54, 1.807) is 23.1 Å². The van der Waals surface area contributed by atoms with Crippen LogP contribution in [-0.2, 0) is 27.4 Å². The molecule has 3 aromatic rings. The number of nitrogens with one attached hydrogen (secondary N) is 3. The number of imidazole rings is 1.